The van der Waals surface area contributed by atoms with E-state index < -0.39 is 17.8 Å². The first-order chi connectivity index (χ1) is 8.34. The normalized spacial score (nSPS) is 19.5. The van der Waals surface area contributed by atoms with Crippen molar-refractivity contribution in [1.29, 1.82) is 0 Å². The van der Waals surface area contributed by atoms with E-state index in [1.165, 1.54) is 11.0 Å². The van der Waals surface area contributed by atoms with Gasteiger partial charge in [-0.2, -0.15) is 13.2 Å². The minimum Gasteiger partial charge on any atom is -0.372 e. The van der Waals surface area contributed by atoms with Crippen molar-refractivity contribution in [2.24, 2.45) is 0 Å². The summed E-state index contributed by atoms with van der Waals surface area (Å²) in [4.78, 5) is 13.2. The lowest BCUT2D eigenvalue weighted by Gasteiger charge is -2.33. The number of alkyl halides is 3. The average molecular weight is 258 g/mol. The van der Waals surface area contributed by atoms with E-state index in [-0.39, 0.29) is 11.6 Å². The van der Waals surface area contributed by atoms with Gasteiger partial charge in [-0.1, -0.05) is 0 Å². The Morgan fingerprint density at radius 2 is 2.06 bits per heavy atom. The maximum absolute atomic E-state index is 12.6. The molecular formula is C12H13F3N2O. The van der Waals surface area contributed by atoms with Crippen LogP contribution in [0.5, 0.6) is 0 Å². The number of nitrogens with zero attached hydrogens (tertiary/aromatic N) is 1. The fraction of sp³-hybridized carbons (Fsp3) is 0.417. The smallest absolute Gasteiger partial charge is 0.372 e. The number of anilines is 2. The summed E-state index contributed by atoms with van der Waals surface area (Å²) < 4.78 is 37.9. The van der Waals surface area contributed by atoms with Crippen molar-refractivity contribution in [3.8, 4) is 0 Å². The molecule has 1 aliphatic heterocycles. The summed E-state index contributed by atoms with van der Waals surface area (Å²) in [5.41, 5.74) is 0.0937. The number of carbonyl (C=O) groups excluding carboxylic acids is 1. The molecule has 0 fully saturated rings. The molecule has 2 rings (SSSR count). The molecule has 0 aromatic heterocycles. The van der Waals surface area contributed by atoms with E-state index in [0.29, 0.717) is 12.2 Å². The molecule has 3 nitrogen and oxygen atoms in total. The monoisotopic (exact) mass is 258 g/mol. The van der Waals surface area contributed by atoms with Crippen molar-refractivity contribution in [2.45, 2.75) is 26.1 Å². The zero-order valence-corrected chi connectivity index (χ0v) is 10.0. The van der Waals surface area contributed by atoms with Crippen molar-refractivity contribution in [1.82, 2.24) is 0 Å². The third-order valence-corrected chi connectivity index (χ3v) is 2.94. The molecule has 1 heterocycles. The number of rotatable bonds is 1. The van der Waals surface area contributed by atoms with E-state index in [1.807, 2.05) is 0 Å². The van der Waals surface area contributed by atoms with Crippen LogP contribution in [-0.2, 0) is 11.0 Å². The predicted molar refractivity (Wildman–Crippen MR) is 62.6 cm³/mol. The number of nitrogens with one attached hydrogen (secondary N) is 1. The Hall–Kier alpha value is -1.72. The van der Waals surface area contributed by atoms with Crippen LogP contribution in [0.1, 0.15) is 19.4 Å². The molecule has 0 aliphatic carbocycles. The molecule has 6 heteroatoms. The largest absolute Gasteiger partial charge is 0.416 e. The summed E-state index contributed by atoms with van der Waals surface area (Å²) in [5, 5.41) is 2.89. The van der Waals surface area contributed by atoms with E-state index in [4.69, 9.17) is 0 Å². The molecular weight excluding hydrogens is 245 g/mol. The first-order valence-corrected chi connectivity index (χ1v) is 5.63. The Bertz CT molecular complexity index is 485. The molecule has 0 spiro atoms. The Morgan fingerprint density at radius 1 is 1.39 bits per heavy atom. The molecule has 1 unspecified atom stereocenters. The molecule has 18 heavy (non-hydrogen) atoms. The van der Waals surface area contributed by atoms with Gasteiger partial charge in [-0.25, -0.2) is 0 Å². The summed E-state index contributed by atoms with van der Waals surface area (Å²) in [7, 11) is 0. The molecule has 1 N–H and O–H groups in total. The number of benzene rings is 1. The highest BCUT2D eigenvalue weighted by Crippen LogP contribution is 2.37. The van der Waals surface area contributed by atoms with Crippen LogP contribution in [0.2, 0.25) is 0 Å². The van der Waals surface area contributed by atoms with Crippen LogP contribution >= 0.6 is 0 Å². The molecule has 0 bridgehead atoms. The first-order valence-electron chi connectivity index (χ1n) is 5.63. The van der Waals surface area contributed by atoms with E-state index in [1.54, 1.807) is 13.8 Å². The molecule has 1 aliphatic rings. The van der Waals surface area contributed by atoms with Gasteiger partial charge in [0.25, 0.3) is 0 Å². The fourth-order valence-electron chi connectivity index (χ4n) is 2.03. The summed E-state index contributed by atoms with van der Waals surface area (Å²) >= 11 is 0. The lowest BCUT2D eigenvalue weighted by molar-refractivity contribution is -0.137. The van der Waals surface area contributed by atoms with Gasteiger partial charge in [0, 0.05) is 6.54 Å². The second-order valence-electron chi connectivity index (χ2n) is 4.18. The second-order valence-corrected chi connectivity index (χ2v) is 4.18. The summed E-state index contributed by atoms with van der Waals surface area (Å²) in [6, 6.07) is 2.97. The lowest BCUT2D eigenvalue weighted by Crippen LogP contribution is -2.45. The number of carbonyl (C=O) groups is 1. The molecule has 1 aromatic rings. The predicted octanol–water partition coefficient (Wildman–Crippen LogP) is 2.87. The van der Waals surface area contributed by atoms with Gasteiger partial charge in [0.1, 0.15) is 6.04 Å². The molecule has 0 saturated heterocycles. The number of hydrogen-bond donors (Lipinski definition) is 1. The van der Waals surface area contributed by atoms with Gasteiger partial charge in [0.05, 0.1) is 16.9 Å². The van der Waals surface area contributed by atoms with Crippen molar-refractivity contribution >= 4 is 17.3 Å². The van der Waals surface area contributed by atoms with Gasteiger partial charge in [0.15, 0.2) is 0 Å². The number of halogens is 3. The number of fused-ring (bicyclic) bond motifs is 1. The Balaban J connectivity index is 2.51. The van der Waals surface area contributed by atoms with Crippen LogP contribution in [0, 0.1) is 0 Å². The van der Waals surface area contributed by atoms with Crippen LogP contribution < -0.4 is 10.2 Å². The average Bonchev–Trinajstić information content (AvgIpc) is 2.29. The zero-order valence-electron chi connectivity index (χ0n) is 10.0. The van der Waals surface area contributed by atoms with Gasteiger partial charge >= 0.3 is 6.18 Å². The van der Waals surface area contributed by atoms with Crippen molar-refractivity contribution in [3.05, 3.63) is 23.8 Å². The Kier molecular flexibility index (Phi) is 2.96. The third-order valence-electron chi connectivity index (χ3n) is 2.94. The fourth-order valence-corrected chi connectivity index (χ4v) is 2.03. The highest BCUT2D eigenvalue weighted by molar-refractivity contribution is 6.04. The summed E-state index contributed by atoms with van der Waals surface area (Å²) in [6.07, 6.45) is -4.40. The van der Waals surface area contributed by atoms with Gasteiger partial charge < -0.3 is 10.2 Å². The SMILES string of the molecule is CCN1C(=O)C(C)Nc2ccc(C(F)(F)F)cc21. The maximum Gasteiger partial charge on any atom is 0.416 e. The highest BCUT2D eigenvalue weighted by atomic mass is 19.4. The van der Waals surface area contributed by atoms with Crippen LogP contribution in [0.4, 0.5) is 24.5 Å². The molecule has 1 aromatic carbocycles. The van der Waals surface area contributed by atoms with E-state index in [2.05, 4.69) is 5.32 Å². The van der Waals surface area contributed by atoms with E-state index in [0.717, 1.165) is 12.1 Å². The minimum absolute atomic E-state index is 0.218. The van der Waals surface area contributed by atoms with Crippen LogP contribution in [0.25, 0.3) is 0 Å². The van der Waals surface area contributed by atoms with Gasteiger partial charge in [-0.15, -0.1) is 0 Å². The van der Waals surface area contributed by atoms with Crippen molar-refractivity contribution in [2.75, 3.05) is 16.8 Å². The number of likely N-dealkylation sites (N-methyl/N-ethyl adjacent to an activating group) is 1. The highest BCUT2D eigenvalue weighted by Gasteiger charge is 2.34. The van der Waals surface area contributed by atoms with Crippen LogP contribution in [-0.4, -0.2) is 18.5 Å². The van der Waals surface area contributed by atoms with Gasteiger partial charge in [-0.05, 0) is 32.0 Å². The molecule has 1 atom stereocenters. The van der Waals surface area contributed by atoms with Crippen molar-refractivity contribution < 1.29 is 18.0 Å². The molecule has 1 amide bonds. The Labute approximate surface area is 103 Å². The molecule has 98 valence electrons. The first kappa shape index (κ1) is 12.7. The molecule has 0 radical (unpaired) electrons. The zero-order chi connectivity index (χ0) is 13.5. The topological polar surface area (TPSA) is 32.3 Å². The third kappa shape index (κ3) is 2.02. The summed E-state index contributed by atoms with van der Waals surface area (Å²) in [6.45, 7) is 3.77. The number of amides is 1. The van der Waals surface area contributed by atoms with Crippen molar-refractivity contribution in [3.63, 3.8) is 0 Å². The van der Waals surface area contributed by atoms with Crippen LogP contribution in [0.15, 0.2) is 18.2 Å². The van der Waals surface area contributed by atoms with Crippen LogP contribution in [0.3, 0.4) is 0 Å². The minimum atomic E-state index is -4.40. The lowest BCUT2D eigenvalue weighted by atomic mass is 10.1. The standard InChI is InChI=1S/C12H13F3N2O/c1-3-17-10-6-8(12(13,14)15)4-5-9(10)16-7(2)11(17)18/h4-7,16H,3H2,1-2H3. The van der Waals surface area contributed by atoms with Gasteiger partial charge in [-0.3, -0.25) is 4.79 Å². The summed E-state index contributed by atoms with van der Waals surface area (Å²) in [5.74, 6) is -0.218. The van der Waals surface area contributed by atoms with E-state index >= 15 is 0 Å². The number of hydrogen-bond acceptors (Lipinski definition) is 2. The quantitative estimate of drug-likeness (QED) is 0.840. The maximum atomic E-state index is 12.6. The molecule has 0 saturated carbocycles. The second kappa shape index (κ2) is 4.19. The van der Waals surface area contributed by atoms with Gasteiger partial charge in [0.2, 0.25) is 5.91 Å². The Morgan fingerprint density at radius 3 is 2.61 bits per heavy atom. The van der Waals surface area contributed by atoms with E-state index in [9.17, 15) is 18.0 Å².